The molecule has 1 saturated heterocycles. The largest absolute Gasteiger partial charge is 0.491 e. The quantitative estimate of drug-likeness (QED) is 0.845. The van der Waals surface area contributed by atoms with Crippen molar-refractivity contribution in [2.45, 2.75) is 45.8 Å². The molecule has 1 aliphatic rings. The van der Waals surface area contributed by atoms with E-state index in [0.717, 1.165) is 16.6 Å². The Morgan fingerprint density at radius 2 is 2.00 bits per heavy atom. The van der Waals surface area contributed by atoms with Gasteiger partial charge in [-0.2, -0.15) is 0 Å². The highest BCUT2D eigenvalue weighted by molar-refractivity contribution is 8.13. The number of fused-ring (bicyclic) bond motifs is 1. The van der Waals surface area contributed by atoms with E-state index in [2.05, 4.69) is 15.0 Å². The van der Waals surface area contributed by atoms with Crippen molar-refractivity contribution in [2.75, 3.05) is 5.75 Å². The van der Waals surface area contributed by atoms with E-state index in [4.69, 9.17) is 9.31 Å². The lowest BCUT2D eigenvalue weighted by Crippen LogP contribution is -2.41. The van der Waals surface area contributed by atoms with Crippen molar-refractivity contribution in [3.8, 4) is 0 Å². The highest BCUT2D eigenvalue weighted by atomic mass is 32.2. The van der Waals surface area contributed by atoms with Crippen molar-refractivity contribution in [2.24, 2.45) is 0 Å². The zero-order chi connectivity index (χ0) is 18.2. The first-order valence-corrected chi connectivity index (χ1v) is 9.16. The Bertz CT molecular complexity index is 815. The SMILES string of the molecule is CC(=O)SCC(=Cc1cnc2[nH]ccc2n1)B1OC(C)(C)C(C)(C)O1. The van der Waals surface area contributed by atoms with E-state index in [-0.39, 0.29) is 5.12 Å². The average Bonchev–Trinajstić information content (AvgIpc) is 3.05. The van der Waals surface area contributed by atoms with Gasteiger partial charge in [-0.25, -0.2) is 9.97 Å². The van der Waals surface area contributed by atoms with Gasteiger partial charge in [0.15, 0.2) is 10.8 Å². The first-order chi connectivity index (χ1) is 11.7. The van der Waals surface area contributed by atoms with E-state index in [0.29, 0.717) is 11.4 Å². The topological polar surface area (TPSA) is 77.1 Å². The molecule has 0 atom stereocenters. The first kappa shape index (κ1) is 18.2. The highest BCUT2D eigenvalue weighted by Gasteiger charge is 2.52. The lowest BCUT2D eigenvalue weighted by atomic mass is 9.78. The number of carbonyl (C=O) groups excluding carboxylic acids is 1. The monoisotopic (exact) mass is 359 g/mol. The molecule has 1 fully saturated rings. The standard InChI is InChI=1S/C17H22BN3O3S/c1-11(22)25-10-12(18-23-16(2,3)17(4,5)24-18)8-13-9-20-15-14(21-13)6-7-19-15/h6-9H,10H2,1-5H3,(H,19,20). The van der Waals surface area contributed by atoms with Crippen LogP contribution >= 0.6 is 11.8 Å². The molecule has 0 unspecified atom stereocenters. The molecule has 0 spiro atoms. The number of H-pyrrole nitrogens is 1. The maximum atomic E-state index is 11.4. The summed E-state index contributed by atoms with van der Waals surface area (Å²) >= 11 is 1.23. The predicted molar refractivity (Wildman–Crippen MR) is 101 cm³/mol. The number of aromatic nitrogens is 3. The van der Waals surface area contributed by atoms with E-state index in [1.54, 1.807) is 19.3 Å². The summed E-state index contributed by atoms with van der Waals surface area (Å²) in [6, 6.07) is 1.87. The van der Waals surface area contributed by atoms with Crippen LogP contribution in [0.4, 0.5) is 0 Å². The molecular formula is C17H22BN3O3S. The molecular weight excluding hydrogens is 337 g/mol. The van der Waals surface area contributed by atoms with Crippen LogP contribution in [0, 0.1) is 0 Å². The Hall–Kier alpha value is -1.64. The Morgan fingerprint density at radius 1 is 1.32 bits per heavy atom. The summed E-state index contributed by atoms with van der Waals surface area (Å²) in [6.07, 6.45) is 5.40. The van der Waals surface area contributed by atoms with Gasteiger partial charge in [0, 0.05) is 18.9 Å². The first-order valence-electron chi connectivity index (χ1n) is 8.17. The summed E-state index contributed by atoms with van der Waals surface area (Å²) < 4.78 is 12.3. The van der Waals surface area contributed by atoms with Crippen molar-refractivity contribution in [1.82, 2.24) is 15.0 Å². The van der Waals surface area contributed by atoms with Crippen LogP contribution in [0.1, 0.15) is 40.3 Å². The van der Waals surface area contributed by atoms with Crippen molar-refractivity contribution in [3.05, 3.63) is 29.6 Å². The second kappa shape index (κ2) is 6.59. The summed E-state index contributed by atoms with van der Waals surface area (Å²) in [5.41, 5.74) is 2.24. The third-order valence-corrected chi connectivity index (χ3v) is 5.49. The van der Waals surface area contributed by atoms with Crippen molar-refractivity contribution in [1.29, 1.82) is 0 Å². The van der Waals surface area contributed by atoms with E-state index in [9.17, 15) is 4.79 Å². The predicted octanol–water partition coefficient (Wildman–Crippen LogP) is 3.25. The number of aromatic amines is 1. The molecule has 0 bridgehead atoms. The minimum Gasteiger partial charge on any atom is -0.400 e. The maximum absolute atomic E-state index is 11.4. The fourth-order valence-corrected chi connectivity index (χ4v) is 3.05. The number of nitrogens with one attached hydrogen (secondary N) is 1. The lowest BCUT2D eigenvalue weighted by molar-refractivity contribution is -0.109. The van der Waals surface area contributed by atoms with Gasteiger partial charge in [0.2, 0.25) is 0 Å². The number of hydrogen-bond donors (Lipinski definition) is 1. The molecule has 0 amide bonds. The minimum atomic E-state index is -0.513. The number of hydrogen-bond acceptors (Lipinski definition) is 6. The third-order valence-electron chi connectivity index (χ3n) is 4.61. The smallest absolute Gasteiger partial charge is 0.400 e. The zero-order valence-corrected chi connectivity index (χ0v) is 15.9. The lowest BCUT2D eigenvalue weighted by Gasteiger charge is -2.32. The Balaban J connectivity index is 1.92. The number of nitrogens with zero attached hydrogens (tertiary/aromatic N) is 2. The molecule has 0 saturated carbocycles. The average molecular weight is 359 g/mol. The van der Waals surface area contributed by atoms with Crippen LogP contribution in [0.5, 0.6) is 0 Å². The van der Waals surface area contributed by atoms with Gasteiger partial charge in [0.05, 0.1) is 23.1 Å². The van der Waals surface area contributed by atoms with E-state index >= 15 is 0 Å². The van der Waals surface area contributed by atoms with Gasteiger partial charge in [-0.15, -0.1) is 0 Å². The summed E-state index contributed by atoms with van der Waals surface area (Å²) in [6.45, 7) is 9.59. The molecule has 3 rings (SSSR count). The van der Waals surface area contributed by atoms with E-state index < -0.39 is 18.3 Å². The third kappa shape index (κ3) is 3.81. The molecule has 132 valence electrons. The maximum Gasteiger partial charge on any atom is 0.491 e. The van der Waals surface area contributed by atoms with Gasteiger partial charge in [-0.05, 0) is 45.3 Å². The van der Waals surface area contributed by atoms with Crippen LogP contribution in [-0.4, -0.2) is 44.1 Å². The van der Waals surface area contributed by atoms with Crippen molar-refractivity contribution in [3.63, 3.8) is 0 Å². The Labute approximate surface area is 151 Å². The van der Waals surface area contributed by atoms with E-state index in [1.165, 1.54) is 11.8 Å². The summed E-state index contributed by atoms with van der Waals surface area (Å²) in [4.78, 5) is 23.4. The molecule has 6 nitrogen and oxygen atoms in total. The van der Waals surface area contributed by atoms with Gasteiger partial charge >= 0.3 is 7.12 Å². The summed E-state index contributed by atoms with van der Waals surface area (Å²) in [7, 11) is -0.513. The van der Waals surface area contributed by atoms with Crippen LogP contribution in [0.3, 0.4) is 0 Å². The fraction of sp³-hybridized carbons (Fsp3) is 0.471. The van der Waals surface area contributed by atoms with Crippen LogP contribution in [-0.2, 0) is 14.1 Å². The molecule has 3 heterocycles. The molecule has 2 aromatic rings. The summed E-state index contributed by atoms with van der Waals surface area (Å²) in [5.74, 6) is 0.485. The molecule has 0 aliphatic carbocycles. The van der Waals surface area contributed by atoms with Gasteiger partial charge in [-0.1, -0.05) is 11.8 Å². The number of rotatable bonds is 4. The Kier molecular flexibility index (Phi) is 4.79. The van der Waals surface area contributed by atoms with Crippen LogP contribution in [0.25, 0.3) is 17.2 Å². The zero-order valence-electron chi connectivity index (χ0n) is 15.1. The van der Waals surface area contributed by atoms with Crippen molar-refractivity contribution < 1.29 is 14.1 Å². The van der Waals surface area contributed by atoms with Gasteiger partial charge in [0.1, 0.15) is 5.52 Å². The molecule has 0 aromatic carbocycles. The summed E-state index contributed by atoms with van der Waals surface area (Å²) in [5, 5.41) is 0.0505. The van der Waals surface area contributed by atoms with Gasteiger partial charge in [-0.3, -0.25) is 4.79 Å². The van der Waals surface area contributed by atoms with Crippen LogP contribution in [0.15, 0.2) is 23.9 Å². The number of carbonyl (C=O) groups is 1. The number of thioether (sulfide) groups is 1. The van der Waals surface area contributed by atoms with Gasteiger partial charge < -0.3 is 14.3 Å². The van der Waals surface area contributed by atoms with Crippen LogP contribution in [0.2, 0.25) is 0 Å². The second-order valence-electron chi connectivity index (χ2n) is 7.09. The van der Waals surface area contributed by atoms with E-state index in [1.807, 2.05) is 39.8 Å². The molecule has 1 aliphatic heterocycles. The molecule has 8 heteroatoms. The molecule has 2 aromatic heterocycles. The highest BCUT2D eigenvalue weighted by Crippen LogP contribution is 2.39. The molecule has 0 radical (unpaired) electrons. The molecule has 25 heavy (non-hydrogen) atoms. The van der Waals surface area contributed by atoms with Gasteiger partial charge in [0.25, 0.3) is 0 Å². The normalized spacial score (nSPS) is 19.6. The Morgan fingerprint density at radius 3 is 2.64 bits per heavy atom. The van der Waals surface area contributed by atoms with Crippen LogP contribution < -0.4 is 0 Å². The minimum absolute atomic E-state index is 0.0505. The molecule has 1 N–H and O–H groups in total. The fourth-order valence-electron chi connectivity index (χ4n) is 2.46. The second-order valence-corrected chi connectivity index (χ2v) is 8.25. The van der Waals surface area contributed by atoms with Crippen molar-refractivity contribution >= 4 is 41.2 Å².